The number of nitrogen functional groups attached to an aromatic ring is 1. The van der Waals surface area contributed by atoms with Crippen LogP contribution in [0.3, 0.4) is 0 Å². The van der Waals surface area contributed by atoms with Crippen molar-refractivity contribution in [2.75, 3.05) is 12.8 Å². The van der Waals surface area contributed by atoms with E-state index in [4.69, 9.17) is 15.2 Å². The number of hydrogen-bond donors (Lipinski definition) is 1. The van der Waals surface area contributed by atoms with Gasteiger partial charge in [-0.25, -0.2) is 4.98 Å². The molecule has 2 aromatic rings. The molecule has 5 heteroatoms. The Labute approximate surface area is 125 Å². The predicted octanol–water partition coefficient (Wildman–Crippen LogP) is 3.55. The molecule has 2 N–H and O–H groups in total. The number of hydrogen-bond acceptors (Lipinski definition) is 5. The van der Waals surface area contributed by atoms with Crippen LogP contribution in [0.5, 0.6) is 17.4 Å². The summed E-state index contributed by atoms with van der Waals surface area (Å²) < 4.78 is 11.2. The van der Waals surface area contributed by atoms with E-state index in [0.717, 1.165) is 6.42 Å². The maximum Gasteiger partial charge on any atom is 0.224 e. The molecular weight excluding hydrogens is 266 g/mol. The molecule has 0 spiro atoms. The van der Waals surface area contributed by atoms with Crippen LogP contribution >= 0.6 is 0 Å². The van der Waals surface area contributed by atoms with Crippen molar-refractivity contribution in [3.05, 3.63) is 35.7 Å². The van der Waals surface area contributed by atoms with E-state index in [-0.39, 0.29) is 5.92 Å². The fourth-order valence-corrected chi connectivity index (χ4v) is 1.90. The van der Waals surface area contributed by atoms with E-state index < -0.39 is 0 Å². The second-order valence-corrected chi connectivity index (χ2v) is 5.08. The number of aromatic nitrogens is 2. The summed E-state index contributed by atoms with van der Waals surface area (Å²) in [4.78, 5) is 8.58. The Bertz CT molecular complexity index is 627. The fourth-order valence-electron chi connectivity index (χ4n) is 1.90. The van der Waals surface area contributed by atoms with Gasteiger partial charge < -0.3 is 15.2 Å². The Morgan fingerprint density at radius 2 is 1.90 bits per heavy atom. The molecule has 1 aromatic heterocycles. The first kappa shape index (κ1) is 15.1. The van der Waals surface area contributed by atoms with Crippen LogP contribution in [0.25, 0.3) is 0 Å². The van der Waals surface area contributed by atoms with Crippen LogP contribution in [-0.4, -0.2) is 17.1 Å². The third kappa shape index (κ3) is 3.62. The molecule has 0 saturated heterocycles. The molecule has 1 heterocycles. The van der Waals surface area contributed by atoms with E-state index in [0.29, 0.717) is 29.0 Å². The van der Waals surface area contributed by atoms with Gasteiger partial charge in [0.15, 0.2) is 11.5 Å². The molecule has 2 rings (SSSR count). The number of ether oxygens (including phenoxy) is 2. The summed E-state index contributed by atoms with van der Waals surface area (Å²) in [7, 11) is 1.62. The minimum atomic E-state index is 0.181. The van der Waals surface area contributed by atoms with Crippen LogP contribution in [0.2, 0.25) is 0 Å². The minimum Gasteiger partial charge on any atom is -0.493 e. The number of anilines is 1. The van der Waals surface area contributed by atoms with Gasteiger partial charge in [0, 0.05) is 12.0 Å². The number of methoxy groups -OCH3 is 1. The smallest absolute Gasteiger partial charge is 0.224 e. The zero-order chi connectivity index (χ0) is 15.4. The number of nitrogens with two attached hydrogens (primary N) is 1. The summed E-state index contributed by atoms with van der Waals surface area (Å²) in [5.74, 6) is 2.95. The molecule has 0 saturated carbocycles. The number of aryl methyl sites for hydroxylation is 1. The molecule has 0 bridgehead atoms. The van der Waals surface area contributed by atoms with Crippen LogP contribution in [0.1, 0.15) is 38.1 Å². The summed E-state index contributed by atoms with van der Waals surface area (Å²) in [6.07, 6.45) is 0.939. The van der Waals surface area contributed by atoms with Crippen LogP contribution in [-0.2, 0) is 6.42 Å². The van der Waals surface area contributed by atoms with Crippen LogP contribution in [0.4, 0.5) is 5.82 Å². The Kier molecular flexibility index (Phi) is 4.62. The van der Waals surface area contributed by atoms with Crippen molar-refractivity contribution in [3.63, 3.8) is 0 Å². The van der Waals surface area contributed by atoms with Gasteiger partial charge in [-0.3, -0.25) is 0 Å². The SMILES string of the molecule is CCc1ccc(Oc2cc(N)nc(C(C)C)n2)c(OC)c1. The highest BCUT2D eigenvalue weighted by atomic mass is 16.5. The number of rotatable bonds is 5. The lowest BCUT2D eigenvalue weighted by Crippen LogP contribution is -2.03. The highest BCUT2D eigenvalue weighted by Crippen LogP contribution is 2.32. The van der Waals surface area contributed by atoms with Gasteiger partial charge in [-0.1, -0.05) is 26.8 Å². The lowest BCUT2D eigenvalue weighted by atomic mass is 10.1. The monoisotopic (exact) mass is 287 g/mol. The van der Waals surface area contributed by atoms with Crippen molar-refractivity contribution < 1.29 is 9.47 Å². The molecule has 0 radical (unpaired) electrons. The second-order valence-electron chi connectivity index (χ2n) is 5.08. The van der Waals surface area contributed by atoms with E-state index >= 15 is 0 Å². The van der Waals surface area contributed by atoms with Gasteiger partial charge in [0.25, 0.3) is 0 Å². The lowest BCUT2D eigenvalue weighted by Gasteiger charge is -2.12. The Morgan fingerprint density at radius 1 is 1.14 bits per heavy atom. The van der Waals surface area contributed by atoms with Gasteiger partial charge in [0.1, 0.15) is 11.6 Å². The third-order valence-electron chi connectivity index (χ3n) is 3.11. The van der Waals surface area contributed by atoms with E-state index in [2.05, 4.69) is 16.9 Å². The fraction of sp³-hybridized carbons (Fsp3) is 0.375. The van der Waals surface area contributed by atoms with Crippen molar-refractivity contribution in [1.29, 1.82) is 0 Å². The molecule has 0 fully saturated rings. The quantitative estimate of drug-likeness (QED) is 0.910. The van der Waals surface area contributed by atoms with Crippen molar-refractivity contribution in [2.45, 2.75) is 33.1 Å². The topological polar surface area (TPSA) is 70.3 Å². The number of benzene rings is 1. The summed E-state index contributed by atoms with van der Waals surface area (Å²) in [5, 5.41) is 0. The minimum absolute atomic E-state index is 0.181. The molecule has 112 valence electrons. The standard InChI is InChI=1S/C16H21N3O2/c1-5-11-6-7-12(13(8-11)20-4)21-15-9-14(17)18-16(19-15)10(2)3/h6-10H,5H2,1-4H3,(H2,17,18,19). The first-order valence-electron chi connectivity index (χ1n) is 7.02. The average Bonchev–Trinajstić information content (AvgIpc) is 2.47. The molecule has 0 unspecified atom stereocenters. The van der Waals surface area contributed by atoms with Crippen molar-refractivity contribution in [3.8, 4) is 17.4 Å². The molecule has 1 aromatic carbocycles. The van der Waals surface area contributed by atoms with Crippen molar-refractivity contribution in [2.24, 2.45) is 0 Å². The van der Waals surface area contributed by atoms with Crippen molar-refractivity contribution >= 4 is 5.82 Å². The first-order valence-corrected chi connectivity index (χ1v) is 7.02. The van der Waals surface area contributed by atoms with E-state index in [1.165, 1.54) is 5.56 Å². The van der Waals surface area contributed by atoms with Gasteiger partial charge in [0.05, 0.1) is 7.11 Å². The molecule has 0 aliphatic heterocycles. The lowest BCUT2D eigenvalue weighted by molar-refractivity contribution is 0.372. The van der Waals surface area contributed by atoms with E-state index in [1.807, 2.05) is 32.0 Å². The maximum atomic E-state index is 5.82. The summed E-state index contributed by atoms with van der Waals surface area (Å²) in [6.45, 7) is 6.11. The zero-order valence-electron chi connectivity index (χ0n) is 12.9. The van der Waals surface area contributed by atoms with Crippen LogP contribution in [0.15, 0.2) is 24.3 Å². The number of nitrogens with zero attached hydrogens (tertiary/aromatic N) is 2. The Balaban J connectivity index is 2.33. The van der Waals surface area contributed by atoms with Gasteiger partial charge >= 0.3 is 0 Å². The van der Waals surface area contributed by atoms with E-state index in [9.17, 15) is 0 Å². The summed E-state index contributed by atoms with van der Waals surface area (Å²) in [5.41, 5.74) is 6.99. The largest absolute Gasteiger partial charge is 0.493 e. The van der Waals surface area contributed by atoms with Gasteiger partial charge in [-0.2, -0.15) is 4.98 Å². The molecule has 21 heavy (non-hydrogen) atoms. The molecule has 5 nitrogen and oxygen atoms in total. The van der Waals surface area contributed by atoms with Gasteiger partial charge in [0.2, 0.25) is 5.88 Å². The Morgan fingerprint density at radius 3 is 2.52 bits per heavy atom. The molecule has 0 amide bonds. The summed E-state index contributed by atoms with van der Waals surface area (Å²) >= 11 is 0. The van der Waals surface area contributed by atoms with Crippen LogP contribution in [0, 0.1) is 0 Å². The van der Waals surface area contributed by atoms with E-state index in [1.54, 1.807) is 13.2 Å². The van der Waals surface area contributed by atoms with Gasteiger partial charge in [-0.15, -0.1) is 0 Å². The summed E-state index contributed by atoms with van der Waals surface area (Å²) in [6, 6.07) is 7.46. The molecule has 0 atom stereocenters. The Hall–Kier alpha value is -2.30. The predicted molar refractivity (Wildman–Crippen MR) is 83.0 cm³/mol. The van der Waals surface area contributed by atoms with Crippen molar-refractivity contribution in [1.82, 2.24) is 9.97 Å². The normalized spacial score (nSPS) is 10.7. The molecular formula is C16H21N3O2. The maximum absolute atomic E-state index is 5.82. The highest BCUT2D eigenvalue weighted by Gasteiger charge is 2.11. The zero-order valence-corrected chi connectivity index (χ0v) is 12.9. The highest BCUT2D eigenvalue weighted by molar-refractivity contribution is 5.45. The first-order chi connectivity index (χ1) is 10.0. The third-order valence-corrected chi connectivity index (χ3v) is 3.11. The average molecular weight is 287 g/mol. The molecule has 0 aliphatic carbocycles. The second kappa shape index (κ2) is 6.43. The van der Waals surface area contributed by atoms with Gasteiger partial charge in [-0.05, 0) is 24.1 Å². The molecule has 0 aliphatic rings. The van der Waals surface area contributed by atoms with Crippen LogP contribution < -0.4 is 15.2 Å².